The summed E-state index contributed by atoms with van der Waals surface area (Å²) in [6.07, 6.45) is 4.24. The number of anilines is 1. The summed E-state index contributed by atoms with van der Waals surface area (Å²) in [4.78, 5) is 32.3. The van der Waals surface area contributed by atoms with Crippen LogP contribution in [0.25, 0.3) is 11.0 Å². The number of amides is 2. The Morgan fingerprint density at radius 2 is 2.03 bits per heavy atom. The van der Waals surface area contributed by atoms with Crippen LogP contribution in [0.15, 0.2) is 66.8 Å². The molecule has 5 rings (SSSR count). The van der Waals surface area contributed by atoms with Gasteiger partial charge in [-0.2, -0.15) is 0 Å². The summed E-state index contributed by atoms with van der Waals surface area (Å²) >= 11 is 6.10. The van der Waals surface area contributed by atoms with Crippen molar-refractivity contribution in [2.24, 2.45) is 0 Å². The number of hydrogen-bond donors (Lipinski definition) is 4. The van der Waals surface area contributed by atoms with Crippen LogP contribution in [-0.4, -0.2) is 48.3 Å². The zero-order chi connectivity index (χ0) is 22.7. The Bertz CT molecular complexity index is 1330. The van der Waals surface area contributed by atoms with Gasteiger partial charge in [0.1, 0.15) is 6.04 Å². The molecule has 1 aliphatic carbocycles. The minimum Gasteiger partial charge on any atom is -0.465 e. The molecule has 3 atom stereocenters. The highest BCUT2D eigenvalue weighted by Crippen LogP contribution is 2.47. The predicted octanol–water partition coefficient (Wildman–Crippen LogP) is 3.70. The zero-order valence-electron chi connectivity index (χ0n) is 16.3. The highest BCUT2D eigenvalue weighted by molar-refractivity contribution is 6.25. The molecule has 2 aromatic carbocycles. The third-order valence-corrected chi connectivity index (χ3v) is 5.96. The Kier molecular flexibility index (Phi) is 4.37. The number of nitrogens with one attached hydrogen (secondary N) is 2. The fourth-order valence-corrected chi connectivity index (χ4v) is 4.47. The standard InChI is InChI=1S/C22H16ClFN4O4/c23-21(24)10-4-3-7-17(21)28-18(29)13-5-1-2-6-14(13)22(28,32)12-8-9-15-16(11-12)26-19(25-15)27-20(30)31/h1-11,17,32H,(H,30,31)(H2,25,26,27). The normalized spacial score (nSPS) is 26.5. The molecule has 3 unspecified atom stereocenters. The van der Waals surface area contributed by atoms with E-state index in [1.165, 1.54) is 18.2 Å². The molecular formula is C22H16ClFN4O4. The second kappa shape index (κ2) is 6.91. The highest BCUT2D eigenvalue weighted by atomic mass is 35.5. The molecule has 0 radical (unpaired) electrons. The molecule has 3 aromatic rings. The van der Waals surface area contributed by atoms with Gasteiger partial charge in [-0.05, 0) is 24.3 Å². The number of H-pyrrole nitrogens is 1. The lowest BCUT2D eigenvalue weighted by Gasteiger charge is -2.42. The minimum absolute atomic E-state index is 0.000258. The van der Waals surface area contributed by atoms with Crippen LogP contribution in [0, 0.1) is 0 Å². The van der Waals surface area contributed by atoms with E-state index < -0.39 is 28.9 Å². The Labute approximate surface area is 185 Å². The predicted molar refractivity (Wildman–Crippen MR) is 115 cm³/mol. The summed E-state index contributed by atoms with van der Waals surface area (Å²) in [5.74, 6) is -0.577. The quantitative estimate of drug-likeness (QED) is 0.450. The van der Waals surface area contributed by atoms with E-state index in [4.69, 9.17) is 16.7 Å². The number of aliphatic hydroxyl groups is 1. The van der Waals surface area contributed by atoms with Gasteiger partial charge in [0.15, 0.2) is 5.72 Å². The van der Waals surface area contributed by atoms with Crippen LogP contribution >= 0.6 is 11.6 Å². The number of halogens is 2. The number of benzene rings is 2. The van der Waals surface area contributed by atoms with Crippen molar-refractivity contribution >= 4 is 40.6 Å². The molecule has 1 aromatic heterocycles. The summed E-state index contributed by atoms with van der Waals surface area (Å²) < 4.78 is 15.3. The first kappa shape index (κ1) is 20.2. The lowest BCUT2D eigenvalue weighted by Crippen LogP contribution is -2.55. The fourth-order valence-electron chi connectivity index (χ4n) is 4.22. The number of carboxylic acid groups (broad SMARTS) is 1. The lowest BCUT2D eigenvalue weighted by atomic mass is 9.91. The maximum absolute atomic E-state index is 15.3. The third-order valence-electron chi connectivity index (χ3n) is 5.61. The van der Waals surface area contributed by atoms with Crippen LogP contribution in [0.5, 0.6) is 0 Å². The molecule has 4 N–H and O–H groups in total. The first-order valence-electron chi connectivity index (χ1n) is 9.61. The van der Waals surface area contributed by atoms with Gasteiger partial charge in [-0.3, -0.25) is 15.0 Å². The first-order valence-corrected chi connectivity index (χ1v) is 9.99. The van der Waals surface area contributed by atoms with E-state index in [0.29, 0.717) is 11.0 Å². The molecule has 2 aliphatic rings. The topological polar surface area (TPSA) is 119 Å². The van der Waals surface area contributed by atoms with Crippen LogP contribution in [0.1, 0.15) is 21.5 Å². The molecule has 2 amide bonds. The minimum atomic E-state index is -2.44. The van der Waals surface area contributed by atoms with Gasteiger partial charge < -0.3 is 15.2 Å². The molecule has 32 heavy (non-hydrogen) atoms. The molecule has 2 heterocycles. The van der Waals surface area contributed by atoms with Gasteiger partial charge in [-0.15, -0.1) is 0 Å². The van der Waals surface area contributed by atoms with Crippen molar-refractivity contribution in [1.82, 2.24) is 14.9 Å². The van der Waals surface area contributed by atoms with Crippen LogP contribution in [0.3, 0.4) is 0 Å². The summed E-state index contributed by atoms with van der Waals surface area (Å²) in [6.45, 7) is 0. The smallest absolute Gasteiger partial charge is 0.411 e. The van der Waals surface area contributed by atoms with Crippen molar-refractivity contribution in [2.75, 3.05) is 5.32 Å². The van der Waals surface area contributed by atoms with Gasteiger partial charge in [0.05, 0.1) is 11.0 Å². The van der Waals surface area contributed by atoms with Crippen LogP contribution in [-0.2, 0) is 5.72 Å². The van der Waals surface area contributed by atoms with Crippen molar-refractivity contribution in [3.05, 3.63) is 83.5 Å². The number of carbonyl (C=O) groups is 2. The number of fused-ring (bicyclic) bond motifs is 2. The molecule has 1 aliphatic heterocycles. The van der Waals surface area contributed by atoms with E-state index in [1.807, 2.05) is 0 Å². The number of aromatic nitrogens is 2. The van der Waals surface area contributed by atoms with Crippen LogP contribution in [0.4, 0.5) is 15.1 Å². The average Bonchev–Trinajstić information content (AvgIpc) is 3.24. The van der Waals surface area contributed by atoms with Gasteiger partial charge in [0, 0.05) is 16.7 Å². The molecule has 8 nitrogen and oxygen atoms in total. The van der Waals surface area contributed by atoms with Crippen molar-refractivity contribution in [3.8, 4) is 0 Å². The van der Waals surface area contributed by atoms with Gasteiger partial charge in [-0.1, -0.05) is 54.1 Å². The van der Waals surface area contributed by atoms with Crippen molar-refractivity contribution in [3.63, 3.8) is 0 Å². The molecule has 0 bridgehead atoms. The summed E-state index contributed by atoms with van der Waals surface area (Å²) in [6, 6.07) is 9.84. The van der Waals surface area contributed by atoms with Gasteiger partial charge in [-0.25, -0.2) is 14.2 Å². The molecule has 10 heteroatoms. The average molecular weight is 455 g/mol. The number of carbonyl (C=O) groups excluding carboxylic acids is 1. The second-order valence-corrected chi connectivity index (χ2v) is 8.08. The van der Waals surface area contributed by atoms with Crippen molar-refractivity contribution in [2.45, 2.75) is 16.9 Å². The van der Waals surface area contributed by atoms with E-state index >= 15 is 4.39 Å². The van der Waals surface area contributed by atoms with Crippen molar-refractivity contribution in [1.29, 1.82) is 0 Å². The Hall–Kier alpha value is -3.69. The second-order valence-electron chi connectivity index (χ2n) is 7.50. The van der Waals surface area contributed by atoms with Gasteiger partial charge >= 0.3 is 6.09 Å². The maximum Gasteiger partial charge on any atom is 0.411 e. The number of imidazole rings is 1. The number of allylic oxidation sites excluding steroid dienone is 2. The summed E-state index contributed by atoms with van der Waals surface area (Å²) in [5, 5.41) is 20.6. The van der Waals surface area contributed by atoms with E-state index in [9.17, 15) is 14.7 Å². The third kappa shape index (κ3) is 2.89. The van der Waals surface area contributed by atoms with E-state index in [-0.39, 0.29) is 22.6 Å². The molecular weight excluding hydrogens is 439 g/mol. The Morgan fingerprint density at radius 1 is 1.25 bits per heavy atom. The summed E-state index contributed by atoms with van der Waals surface area (Å²) in [5.41, 5.74) is -0.462. The molecule has 0 saturated carbocycles. The molecule has 0 fully saturated rings. The van der Waals surface area contributed by atoms with E-state index in [2.05, 4.69) is 15.3 Å². The van der Waals surface area contributed by atoms with E-state index in [1.54, 1.807) is 42.5 Å². The van der Waals surface area contributed by atoms with Crippen LogP contribution in [0.2, 0.25) is 0 Å². The SMILES string of the molecule is O=C(O)Nc1nc2cc(C3(O)c4ccccc4C(=O)N3C3C=CC=CC3(F)Cl)ccc2[nH]1. The molecule has 0 spiro atoms. The number of aromatic amines is 1. The van der Waals surface area contributed by atoms with E-state index in [0.717, 1.165) is 11.0 Å². The number of nitrogens with zero attached hydrogens (tertiary/aromatic N) is 2. The largest absolute Gasteiger partial charge is 0.465 e. The monoisotopic (exact) mass is 454 g/mol. The van der Waals surface area contributed by atoms with Crippen LogP contribution < -0.4 is 5.32 Å². The number of alkyl halides is 2. The maximum atomic E-state index is 15.3. The lowest BCUT2D eigenvalue weighted by molar-refractivity contribution is -0.0741. The highest BCUT2D eigenvalue weighted by Gasteiger charge is 2.56. The number of rotatable bonds is 3. The Morgan fingerprint density at radius 3 is 2.78 bits per heavy atom. The van der Waals surface area contributed by atoms with Gasteiger partial charge in [0.25, 0.3) is 5.91 Å². The van der Waals surface area contributed by atoms with Gasteiger partial charge in [0.2, 0.25) is 11.1 Å². The molecule has 0 saturated heterocycles. The fraction of sp³-hybridized carbons (Fsp3) is 0.136. The molecule has 162 valence electrons. The van der Waals surface area contributed by atoms with Crippen molar-refractivity contribution < 1.29 is 24.2 Å². The summed E-state index contributed by atoms with van der Waals surface area (Å²) in [7, 11) is 0. The number of hydrogen-bond acceptors (Lipinski definition) is 4. The Balaban J connectivity index is 1.70. The zero-order valence-corrected chi connectivity index (χ0v) is 17.0. The first-order chi connectivity index (χ1) is 15.2.